The molecule has 142 valence electrons. The standard InChI is InChI=1S/C18H22FN7S/c1-26(2)15(13-5-6-27-10-13)9-22-18(23-11-20)25-16-4-3-12-7-14(19)8-21-17(12)24-16/h5-8,10,15-16H,3-4,9H2,1-2H3,(H,21,24)(H2,22,23,25)/t15-,16?/m1/s1. The highest BCUT2D eigenvalue weighted by molar-refractivity contribution is 7.07. The smallest absolute Gasteiger partial charge is 0.206 e. The Morgan fingerprint density at radius 2 is 2.44 bits per heavy atom. The molecule has 2 aromatic rings. The summed E-state index contributed by atoms with van der Waals surface area (Å²) in [5.74, 6) is 0.724. The summed E-state index contributed by atoms with van der Waals surface area (Å²) in [5.41, 5.74) is 2.05. The van der Waals surface area contributed by atoms with Crippen LogP contribution in [0.5, 0.6) is 0 Å². The number of likely N-dealkylation sites (N-methyl/N-ethyl adjacent to an activating group) is 1. The molecular formula is C18H22FN7S. The number of aromatic nitrogens is 1. The molecule has 0 aromatic carbocycles. The minimum absolute atomic E-state index is 0.123. The predicted octanol–water partition coefficient (Wildman–Crippen LogP) is 2.29. The first-order valence-electron chi connectivity index (χ1n) is 8.62. The van der Waals surface area contributed by atoms with Crippen LogP contribution in [0.4, 0.5) is 10.2 Å². The first-order chi connectivity index (χ1) is 13.1. The van der Waals surface area contributed by atoms with E-state index < -0.39 is 0 Å². The average molecular weight is 387 g/mol. The van der Waals surface area contributed by atoms with Crippen molar-refractivity contribution in [2.24, 2.45) is 4.99 Å². The van der Waals surface area contributed by atoms with Crippen LogP contribution in [0, 0.1) is 17.3 Å². The van der Waals surface area contributed by atoms with Gasteiger partial charge in [0.05, 0.1) is 18.8 Å². The third-order valence-electron chi connectivity index (χ3n) is 4.41. The molecule has 1 unspecified atom stereocenters. The Morgan fingerprint density at radius 1 is 1.59 bits per heavy atom. The van der Waals surface area contributed by atoms with Crippen molar-refractivity contribution in [3.8, 4) is 6.19 Å². The number of aryl methyl sites for hydroxylation is 1. The van der Waals surface area contributed by atoms with E-state index in [0.29, 0.717) is 24.7 Å². The second-order valence-electron chi connectivity index (χ2n) is 6.50. The van der Waals surface area contributed by atoms with E-state index in [1.165, 1.54) is 17.8 Å². The van der Waals surface area contributed by atoms with E-state index in [-0.39, 0.29) is 18.0 Å². The summed E-state index contributed by atoms with van der Waals surface area (Å²) < 4.78 is 13.3. The van der Waals surface area contributed by atoms with Crippen molar-refractivity contribution >= 4 is 23.1 Å². The molecule has 1 aliphatic rings. The van der Waals surface area contributed by atoms with Crippen LogP contribution in [-0.2, 0) is 6.42 Å². The molecule has 7 nitrogen and oxygen atoms in total. The number of fused-ring (bicyclic) bond motifs is 1. The SMILES string of the molecule is CN(C)[C@H](CN=C(NC#N)NC1CCc2cc(F)cnc2N1)c1ccsc1. The zero-order chi connectivity index (χ0) is 19.2. The molecule has 27 heavy (non-hydrogen) atoms. The highest BCUT2D eigenvalue weighted by atomic mass is 32.1. The number of pyridine rings is 1. The molecule has 2 aromatic heterocycles. The summed E-state index contributed by atoms with van der Waals surface area (Å²) >= 11 is 1.65. The molecule has 0 saturated heterocycles. The van der Waals surface area contributed by atoms with E-state index in [0.717, 1.165) is 12.0 Å². The number of halogens is 1. The van der Waals surface area contributed by atoms with Gasteiger partial charge in [0, 0.05) is 0 Å². The van der Waals surface area contributed by atoms with Crippen molar-refractivity contribution in [1.29, 1.82) is 5.26 Å². The number of hydrogen-bond donors (Lipinski definition) is 3. The summed E-state index contributed by atoms with van der Waals surface area (Å²) in [7, 11) is 4.01. The van der Waals surface area contributed by atoms with Gasteiger partial charge in [-0.1, -0.05) is 0 Å². The monoisotopic (exact) mass is 387 g/mol. The minimum atomic E-state index is -0.335. The number of hydrogen-bond acceptors (Lipinski definition) is 6. The molecule has 3 rings (SSSR count). The first kappa shape index (κ1) is 19.1. The maximum Gasteiger partial charge on any atom is 0.206 e. The lowest BCUT2D eigenvalue weighted by atomic mass is 10.1. The third kappa shape index (κ3) is 4.93. The van der Waals surface area contributed by atoms with Crippen molar-refractivity contribution in [1.82, 2.24) is 20.5 Å². The van der Waals surface area contributed by atoms with E-state index in [9.17, 15) is 4.39 Å². The largest absolute Gasteiger partial charge is 0.350 e. The Hall–Kier alpha value is -2.70. The molecule has 3 heterocycles. The number of anilines is 1. The van der Waals surface area contributed by atoms with E-state index in [2.05, 4.69) is 42.3 Å². The van der Waals surface area contributed by atoms with Gasteiger partial charge in [-0.05, 0) is 61.0 Å². The summed E-state index contributed by atoms with van der Waals surface area (Å²) in [6.45, 7) is 0.507. The Balaban J connectivity index is 1.67. The van der Waals surface area contributed by atoms with Gasteiger partial charge < -0.3 is 15.5 Å². The Kier molecular flexibility index (Phi) is 6.21. The fourth-order valence-corrected chi connectivity index (χ4v) is 3.70. The van der Waals surface area contributed by atoms with Crippen LogP contribution < -0.4 is 16.0 Å². The van der Waals surface area contributed by atoms with Crippen LogP contribution in [0.25, 0.3) is 0 Å². The van der Waals surface area contributed by atoms with Gasteiger partial charge in [-0.25, -0.2) is 9.37 Å². The van der Waals surface area contributed by atoms with Crippen LogP contribution in [0.1, 0.15) is 23.6 Å². The summed E-state index contributed by atoms with van der Waals surface area (Å²) in [6, 6.07) is 3.70. The van der Waals surface area contributed by atoms with Crippen molar-refractivity contribution in [3.05, 3.63) is 46.0 Å². The molecule has 9 heteroatoms. The summed E-state index contributed by atoms with van der Waals surface area (Å²) in [5, 5.41) is 22.2. The Labute approximate surface area is 161 Å². The third-order valence-corrected chi connectivity index (χ3v) is 5.11. The number of aliphatic imine (C=N–C) groups is 1. The van der Waals surface area contributed by atoms with Crippen LogP contribution in [-0.4, -0.2) is 42.6 Å². The molecule has 0 saturated carbocycles. The fourth-order valence-electron chi connectivity index (χ4n) is 3.00. The normalized spacial score (nSPS) is 17.6. The van der Waals surface area contributed by atoms with Crippen molar-refractivity contribution < 1.29 is 4.39 Å². The minimum Gasteiger partial charge on any atom is -0.350 e. The van der Waals surface area contributed by atoms with Gasteiger partial charge in [0.2, 0.25) is 5.96 Å². The molecule has 0 bridgehead atoms. The van der Waals surface area contributed by atoms with Crippen LogP contribution in [0.15, 0.2) is 34.1 Å². The van der Waals surface area contributed by atoms with E-state index in [1.54, 1.807) is 11.3 Å². The van der Waals surface area contributed by atoms with Gasteiger partial charge in [-0.2, -0.15) is 16.6 Å². The number of nitrogens with one attached hydrogen (secondary N) is 3. The molecule has 3 N–H and O–H groups in total. The molecule has 1 aliphatic heterocycles. The van der Waals surface area contributed by atoms with Gasteiger partial charge in [-0.15, -0.1) is 0 Å². The van der Waals surface area contributed by atoms with Crippen molar-refractivity contribution in [2.75, 3.05) is 26.0 Å². The lowest BCUT2D eigenvalue weighted by Gasteiger charge is -2.28. The lowest BCUT2D eigenvalue weighted by molar-refractivity contribution is 0.307. The average Bonchev–Trinajstić information content (AvgIpc) is 3.16. The molecule has 0 spiro atoms. The van der Waals surface area contributed by atoms with Gasteiger partial charge in [0.15, 0.2) is 6.19 Å². The van der Waals surface area contributed by atoms with E-state index >= 15 is 0 Å². The Bertz CT molecular complexity index is 829. The molecule has 0 fully saturated rings. The zero-order valence-corrected chi connectivity index (χ0v) is 16.1. The maximum absolute atomic E-state index is 13.3. The molecule has 0 radical (unpaired) electrons. The first-order valence-corrected chi connectivity index (χ1v) is 9.56. The Morgan fingerprint density at radius 3 is 3.15 bits per heavy atom. The highest BCUT2D eigenvalue weighted by Gasteiger charge is 2.21. The topological polar surface area (TPSA) is 88.4 Å². The van der Waals surface area contributed by atoms with Crippen LogP contribution in [0.3, 0.4) is 0 Å². The number of rotatable bonds is 5. The van der Waals surface area contributed by atoms with Gasteiger partial charge in [0.25, 0.3) is 0 Å². The van der Waals surface area contributed by atoms with Crippen molar-refractivity contribution in [3.63, 3.8) is 0 Å². The molecule has 2 atom stereocenters. The van der Waals surface area contributed by atoms with Crippen LogP contribution >= 0.6 is 11.3 Å². The van der Waals surface area contributed by atoms with Crippen LogP contribution in [0.2, 0.25) is 0 Å². The lowest BCUT2D eigenvalue weighted by Crippen LogP contribution is -2.47. The number of nitrogens with zero attached hydrogens (tertiary/aromatic N) is 4. The van der Waals surface area contributed by atoms with Crippen molar-refractivity contribution in [2.45, 2.75) is 25.0 Å². The summed E-state index contributed by atoms with van der Waals surface area (Å²) in [6.07, 6.45) is 4.40. The molecular weight excluding hydrogens is 365 g/mol. The zero-order valence-electron chi connectivity index (χ0n) is 15.2. The maximum atomic E-state index is 13.3. The quantitative estimate of drug-likeness (QED) is 0.316. The van der Waals surface area contributed by atoms with Gasteiger partial charge in [0.1, 0.15) is 17.8 Å². The van der Waals surface area contributed by atoms with Gasteiger partial charge in [-0.3, -0.25) is 10.3 Å². The fraction of sp³-hybridized carbons (Fsp3) is 0.389. The predicted molar refractivity (Wildman–Crippen MR) is 105 cm³/mol. The number of thiophene rings is 1. The van der Waals surface area contributed by atoms with E-state index in [4.69, 9.17) is 5.26 Å². The number of guanidine groups is 1. The van der Waals surface area contributed by atoms with Gasteiger partial charge >= 0.3 is 0 Å². The highest BCUT2D eigenvalue weighted by Crippen LogP contribution is 2.23. The molecule has 0 amide bonds. The number of nitriles is 1. The summed E-state index contributed by atoms with van der Waals surface area (Å²) in [4.78, 5) is 10.8. The molecule has 0 aliphatic carbocycles. The second kappa shape index (κ2) is 8.79. The van der Waals surface area contributed by atoms with E-state index in [1.807, 2.05) is 25.7 Å². The second-order valence-corrected chi connectivity index (χ2v) is 7.28.